The summed E-state index contributed by atoms with van der Waals surface area (Å²) in [7, 11) is 1.66. The predicted octanol–water partition coefficient (Wildman–Crippen LogP) is 1.27. The molecule has 1 aliphatic carbocycles. The lowest BCUT2D eigenvalue weighted by atomic mass is 10.0. The number of aryl methyl sites for hydroxylation is 1. The van der Waals surface area contributed by atoms with Crippen molar-refractivity contribution in [2.45, 2.75) is 31.8 Å². The highest BCUT2D eigenvalue weighted by atomic mass is 16.5. The van der Waals surface area contributed by atoms with E-state index in [1.54, 1.807) is 13.4 Å². The molecule has 1 amide bonds. The van der Waals surface area contributed by atoms with E-state index in [9.17, 15) is 4.79 Å². The van der Waals surface area contributed by atoms with Gasteiger partial charge in [-0.2, -0.15) is 0 Å². The standard InChI is InChI=1S/C16H20N4O2/c1-22-9-8-20-11-18-19-15(20)10-17-16(21)14-7-6-12-4-2-3-5-13(12)14/h2-5,11,14H,6-10H2,1H3,(H,17,21). The molecule has 22 heavy (non-hydrogen) atoms. The Hall–Kier alpha value is -2.21. The lowest BCUT2D eigenvalue weighted by molar-refractivity contribution is -0.122. The average molecular weight is 300 g/mol. The number of carbonyl (C=O) groups is 1. The summed E-state index contributed by atoms with van der Waals surface area (Å²) in [5.41, 5.74) is 2.44. The Kier molecular flexibility index (Phi) is 4.48. The van der Waals surface area contributed by atoms with Gasteiger partial charge in [-0.25, -0.2) is 0 Å². The fourth-order valence-electron chi connectivity index (χ4n) is 2.91. The van der Waals surface area contributed by atoms with E-state index in [0.717, 1.165) is 24.2 Å². The number of nitrogens with one attached hydrogen (secondary N) is 1. The molecule has 0 fully saturated rings. The maximum atomic E-state index is 12.4. The van der Waals surface area contributed by atoms with Gasteiger partial charge in [-0.15, -0.1) is 10.2 Å². The molecule has 0 saturated heterocycles. The van der Waals surface area contributed by atoms with Crippen LogP contribution in [0.2, 0.25) is 0 Å². The van der Waals surface area contributed by atoms with E-state index in [0.29, 0.717) is 19.7 Å². The fourth-order valence-corrected chi connectivity index (χ4v) is 2.91. The molecule has 3 rings (SSSR count). The second-order valence-electron chi connectivity index (χ2n) is 5.44. The Morgan fingerprint density at radius 3 is 3.18 bits per heavy atom. The van der Waals surface area contributed by atoms with E-state index in [2.05, 4.69) is 21.6 Å². The van der Waals surface area contributed by atoms with Crippen LogP contribution in [0.25, 0.3) is 0 Å². The van der Waals surface area contributed by atoms with Gasteiger partial charge in [0.2, 0.25) is 5.91 Å². The molecule has 1 atom stereocenters. The zero-order chi connectivity index (χ0) is 15.4. The Morgan fingerprint density at radius 2 is 2.32 bits per heavy atom. The number of methoxy groups -OCH3 is 1. The quantitative estimate of drug-likeness (QED) is 0.872. The van der Waals surface area contributed by atoms with Gasteiger partial charge >= 0.3 is 0 Å². The molecule has 0 aliphatic heterocycles. The predicted molar refractivity (Wildman–Crippen MR) is 81.2 cm³/mol. The Labute approximate surface area is 129 Å². The number of fused-ring (bicyclic) bond motifs is 1. The highest BCUT2D eigenvalue weighted by Crippen LogP contribution is 2.32. The maximum absolute atomic E-state index is 12.4. The summed E-state index contributed by atoms with van der Waals surface area (Å²) in [6.07, 6.45) is 3.51. The van der Waals surface area contributed by atoms with Crippen LogP contribution in [0.4, 0.5) is 0 Å². The SMILES string of the molecule is COCCn1cnnc1CNC(=O)C1CCc2ccccc21. The second-order valence-corrected chi connectivity index (χ2v) is 5.44. The minimum Gasteiger partial charge on any atom is -0.383 e. The van der Waals surface area contributed by atoms with Crippen LogP contribution < -0.4 is 5.32 Å². The number of ether oxygens (including phenoxy) is 1. The van der Waals surface area contributed by atoms with Crippen molar-refractivity contribution in [3.05, 3.63) is 47.5 Å². The molecular weight excluding hydrogens is 280 g/mol. The molecule has 1 heterocycles. The van der Waals surface area contributed by atoms with Gasteiger partial charge in [-0.1, -0.05) is 24.3 Å². The van der Waals surface area contributed by atoms with E-state index in [-0.39, 0.29) is 11.8 Å². The molecule has 116 valence electrons. The number of carbonyl (C=O) groups excluding carboxylic acids is 1. The Bertz CT molecular complexity index is 653. The molecule has 0 radical (unpaired) electrons. The van der Waals surface area contributed by atoms with Crippen LogP contribution in [0.5, 0.6) is 0 Å². The maximum Gasteiger partial charge on any atom is 0.227 e. The van der Waals surface area contributed by atoms with Crippen LogP contribution in [0.3, 0.4) is 0 Å². The zero-order valence-electron chi connectivity index (χ0n) is 12.7. The monoisotopic (exact) mass is 300 g/mol. The van der Waals surface area contributed by atoms with Crippen molar-refractivity contribution in [3.8, 4) is 0 Å². The van der Waals surface area contributed by atoms with Crippen LogP contribution in [0, 0.1) is 0 Å². The first kappa shape index (κ1) is 14.7. The lowest BCUT2D eigenvalue weighted by Gasteiger charge is -2.12. The third kappa shape index (κ3) is 3.01. The molecule has 6 nitrogen and oxygen atoms in total. The van der Waals surface area contributed by atoms with Crippen LogP contribution in [-0.2, 0) is 29.0 Å². The summed E-state index contributed by atoms with van der Waals surface area (Å²) < 4.78 is 6.95. The van der Waals surface area contributed by atoms with Crippen LogP contribution in [0.1, 0.15) is 29.3 Å². The van der Waals surface area contributed by atoms with Crippen molar-refractivity contribution in [3.63, 3.8) is 0 Å². The lowest BCUT2D eigenvalue weighted by Crippen LogP contribution is -2.29. The van der Waals surface area contributed by atoms with Gasteiger partial charge in [-0.3, -0.25) is 4.79 Å². The van der Waals surface area contributed by atoms with E-state index in [4.69, 9.17) is 4.74 Å². The van der Waals surface area contributed by atoms with E-state index >= 15 is 0 Å². The molecule has 1 aliphatic rings. The summed E-state index contributed by atoms with van der Waals surface area (Å²) in [5.74, 6) is 0.759. The van der Waals surface area contributed by atoms with Gasteiger partial charge in [0.05, 0.1) is 19.1 Å². The summed E-state index contributed by atoms with van der Waals surface area (Å²) >= 11 is 0. The van der Waals surface area contributed by atoms with Crippen LogP contribution in [0.15, 0.2) is 30.6 Å². The van der Waals surface area contributed by atoms with Crippen molar-refractivity contribution in [2.24, 2.45) is 0 Å². The molecular formula is C16H20N4O2. The summed E-state index contributed by atoms with van der Waals surface area (Å²) in [4.78, 5) is 12.4. The molecule has 0 spiro atoms. The fraction of sp³-hybridized carbons (Fsp3) is 0.438. The Balaban J connectivity index is 1.61. The molecule has 1 aromatic heterocycles. The van der Waals surface area contributed by atoms with Gasteiger partial charge < -0.3 is 14.6 Å². The minimum atomic E-state index is -0.0495. The zero-order valence-corrected chi connectivity index (χ0v) is 12.7. The van der Waals surface area contributed by atoms with Gasteiger partial charge in [0.25, 0.3) is 0 Å². The molecule has 0 saturated carbocycles. The van der Waals surface area contributed by atoms with E-state index in [1.807, 2.05) is 22.8 Å². The molecule has 1 aromatic carbocycles. The van der Waals surface area contributed by atoms with Crippen molar-refractivity contribution in [2.75, 3.05) is 13.7 Å². The van der Waals surface area contributed by atoms with Crippen molar-refractivity contribution < 1.29 is 9.53 Å². The largest absolute Gasteiger partial charge is 0.383 e. The number of amides is 1. The molecule has 2 aromatic rings. The van der Waals surface area contributed by atoms with E-state index < -0.39 is 0 Å². The summed E-state index contributed by atoms with van der Waals surface area (Å²) in [6, 6.07) is 8.17. The number of hydrogen-bond acceptors (Lipinski definition) is 4. The highest BCUT2D eigenvalue weighted by molar-refractivity contribution is 5.84. The van der Waals surface area contributed by atoms with Gasteiger partial charge in [0, 0.05) is 13.7 Å². The first-order chi connectivity index (χ1) is 10.8. The van der Waals surface area contributed by atoms with Gasteiger partial charge in [0.15, 0.2) is 5.82 Å². The summed E-state index contributed by atoms with van der Waals surface area (Å²) in [5, 5.41) is 10.9. The average Bonchev–Trinajstić information content (AvgIpc) is 3.17. The first-order valence-electron chi connectivity index (χ1n) is 7.50. The number of hydrogen-bond donors (Lipinski definition) is 1. The van der Waals surface area contributed by atoms with Crippen LogP contribution in [-0.4, -0.2) is 34.4 Å². The number of nitrogens with zero attached hydrogens (tertiary/aromatic N) is 3. The third-order valence-corrected chi connectivity index (χ3v) is 4.10. The molecule has 1 unspecified atom stereocenters. The molecule has 6 heteroatoms. The first-order valence-corrected chi connectivity index (χ1v) is 7.50. The van der Waals surface area contributed by atoms with Crippen molar-refractivity contribution >= 4 is 5.91 Å². The number of rotatable bonds is 6. The second kappa shape index (κ2) is 6.70. The number of benzene rings is 1. The topological polar surface area (TPSA) is 69.0 Å². The smallest absolute Gasteiger partial charge is 0.227 e. The summed E-state index contributed by atoms with van der Waals surface area (Å²) in [6.45, 7) is 1.66. The van der Waals surface area contributed by atoms with E-state index in [1.165, 1.54) is 5.56 Å². The molecule has 1 N–H and O–H groups in total. The normalized spacial score (nSPS) is 16.5. The Morgan fingerprint density at radius 1 is 1.45 bits per heavy atom. The third-order valence-electron chi connectivity index (χ3n) is 4.10. The van der Waals surface area contributed by atoms with Crippen LogP contribution >= 0.6 is 0 Å². The molecule has 0 bridgehead atoms. The van der Waals surface area contributed by atoms with Crippen molar-refractivity contribution in [1.29, 1.82) is 0 Å². The van der Waals surface area contributed by atoms with Gasteiger partial charge in [0.1, 0.15) is 6.33 Å². The minimum absolute atomic E-state index is 0.0495. The number of aromatic nitrogens is 3. The van der Waals surface area contributed by atoms with Gasteiger partial charge in [-0.05, 0) is 24.0 Å². The highest BCUT2D eigenvalue weighted by Gasteiger charge is 2.28. The van der Waals surface area contributed by atoms with Crippen molar-refractivity contribution in [1.82, 2.24) is 20.1 Å².